The number of aromatic nitrogens is 2. The molecule has 4 aromatic rings. The van der Waals surface area contributed by atoms with Gasteiger partial charge in [0.15, 0.2) is 5.82 Å². The lowest BCUT2D eigenvalue weighted by Crippen LogP contribution is -2.49. The molecule has 2 heterocycles. The van der Waals surface area contributed by atoms with Crippen molar-refractivity contribution >= 4 is 40.9 Å². The van der Waals surface area contributed by atoms with Gasteiger partial charge in [0.2, 0.25) is 0 Å². The number of nitro groups is 1. The number of carbonyl (C=O) groups is 3. The van der Waals surface area contributed by atoms with Crippen LogP contribution in [0.4, 0.5) is 32.5 Å². The number of carbonyl (C=O) groups excluding carboxylic acids is 3. The third-order valence-electron chi connectivity index (χ3n) is 8.01. The summed E-state index contributed by atoms with van der Waals surface area (Å²) < 4.78 is 6.52. The molecule has 1 aromatic heterocycles. The van der Waals surface area contributed by atoms with Crippen molar-refractivity contribution in [2.45, 2.75) is 38.9 Å². The smallest absolute Gasteiger partial charge is 0.435 e. The van der Waals surface area contributed by atoms with Crippen LogP contribution in [-0.2, 0) is 16.8 Å². The predicted molar refractivity (Wildman–Crippen MR) is 180 cm³/mol. The Hall–Kier alpha value is -5.76. The maximum absolute atomic E-state index is 13.9. The Balaban J connectivity index is 1.40. The van der Waals surface area contributed by atoms with Gasteiger partial charge in [0.1, 0.15) is 0 Å². The van der Waals surface area contributed by atoms with Gasteiger partial charge in [-0.25, -0.2) is 9.59 Å². The van der Waals surface area contributed by atoms with Gasteiger partial charge in [-0.15, -0.1) is 5.10 Å². The molecule has 5 rings (SSSR count). The third-order valence-corrected chi connectivity index (χ3v) is 8.01. The molecule has 0 unspecified atom stereocenters. The fourth-order valence-electron chi connectivity index (χ4n) is 5.72. The number of urea groups is 1. The van der Waals surface area contributed by atoms with Gasteiger partial charge < -0.3 is 30.5 Å². The number of hydrogen-bond acceptors (Lipinski definition) is 9. The summed E-state index contributed by atoms with van der Waals surface area (Å²) in [6.07, 6.45) is -0.670. The summed E-state index contributed by atoms with van der Waals surface area (Å²) in [7, 11) is 3.89. The van der Waals surface area contributed by atoms with E-state index in [-0.39, 0.29) is 36.5 Å². The Kier molecular flexibility index (Phi) is 9.75. The van der Waals surface area contributed by atoms with Crippen molar-refractivity contribution in [3.05, 3.63) is 111 Å². The van der Waals surface area contributed by atoms with E-state index in [2.05, 4.69) is 21.0 Å². The molecule has 0 spiro atoms. The van der Waals surface area contributed by atoms with Gasteiger partial charge in [-0.2, -0.15) is 4.68 Å². The summed E-state index contributed by atoms with van der Waals surface area (Å²) >= 11 is 0. The van der Waals surface area contributed by atoms with Crippen LogP contribution in [0.5, 0.6) is 0 Å². The Morgan fingerprint density at radius 3 is 2.35 bits per heavy atom. The number of non-ortho nitro benzene ring substituents is 1. The Morgan fingerprint density at radius 2 is 1.71 bits per heavy atom. The fourth-order valence-corrected chi connectivity index (χ4v) is 5.72. The molecule has 48 heavy (non-hydrogen) atoms. The summed E-state index contributed by atoms with van der Waals surface area (Å²) in [5, 5.41) is 24.8. The van der Waals surface area contributed by atoms with E-state index < -0.39 is 22.5 Å². The maximum Gasteiger partial charge on any atom is 0.435 e. The van der Waals surface area contributed by atoms with E-state index >= 15 is 0 Å². The van der Waals surface area contributed by atoms with Gasteiger partial charge in [-0.1, -0.05) is 36.4 Å². The average Bonchev–Trinajstić information content (AvgIpc) is 3.55. The topological polar surface area (TPSA) is 164 Å². The second-order valence-electron chi connectivity index (χ2n) is 12.1. The molecule has 250 valence electrons. The van der Waals surface area contributed by atoms with Crippen molar-refractivity contribution in [2.75, 3.05) is 37.9 Å². The molecule has 14 nitrogen and oxygen atoms in total. The molecule has 0 saturated carbocycles. The zero-order chi connectivity index (χ0) is 34.6. The SMILES string of the molecule is CCOC(=O)n1nc(Nc2cccc(NC(=O)c3ccc([N+](=O)[O-])cc3)c2)c2c1C(C)(C)N(C(=O)N[C@H](CN(C)C)c1ccccc1)C2. The number of amides is 3. The van der Waals surface area contributed by atoms with Crippen LogP contribution in [-0.4, -0.2) is 69.8 Å². The Labute approximate surface area is 277 Å². The number of hydrogen-bond donors (Lipinski definition) is 3. The van der Waals surface area contributed by atoms with Crippen LogP contribution in [0.3, 0.4) is 0 Å². The van der Waals surface area contributed by atoms with E-state index in [1.54, 1.807) is 36.1 Å². The van der Waals surface area contributed by atoms with Gasteiger partial charge in [-0.3, -0.25) is 14.9 Å². The minimum atomic E-state index is -0.945. The first-order valence-corrected chi connectivity index (χ1v) is 15.4. The molecule has 0 fully saturated rings. The molecular weight excluding hydrogens is 616 g/mol. The summed E-state index contributed by atoms with van der Waals surface area (Å²) in [5.74, 6) is -0.0887. The van der Waals surface area contributed by atoms with Crippen LogP contribution in [0.15, 0.2) is 78.9 Å². The van der Waals surface area contributed by atoms with Gasteiger partial charge in [-0.05, 0) is 70.8 Å². The minimum absolute atomic E-state index is 0.115. The van der Waals surface area contributed by atoms with Crippen molar-refractivity contribution in [1.82, 2.24) is 24.9 Å². The molecular formula is C34H38N8O6. The van der Waals surface area contributed by atoms with Crippen LogP contribution in [0.25, 0.3) is 0 Å². The lowest BCUT2D eigenvalue weighted by molar-refractivity contribution is -0.384. The van der Waals surface area contributed by atoms with E-state index in [0.29, 0.717) is 35.0 Å². The molecule has 1 atom stereocenters. The van der Waals surface area contributed by atoms with Gasteiger partial charge >= 0.3 is 12.1 Å². The van der Waals surface area contributed by atoms with Crippen LogP contribution in [0, 0.1) is 10.1 Å². The van der Waals surface area contributed by atoms with Crippen LogP contribution < -0.4 is 16.0 Å². The number of benzene rings is 3. The zero-order valence-corrected chi connectivity index (χ0v) is 27.4. The Bertz CT molecular complexity index is 1820. The van der Waals surface area contributed by atoms with Crippen molar-refractivity contribution in [1.29, 1.82) is 0 Å². The number of anilines is 3. The van der Waals surface area contributed by atoms with Gasteiger partial charge in [0.05, 0.1) is 35.3 Å². The van der Waals surface area contributed by atoms with Crippen molar-refractivity contribution in [3.63, 3.8) is 0 Å². The quantitative estimate of drug-likeness (QED) is 0.140. The number of likely N-dealkylation sites (N-methyl/N-ethyl adjacent to an activating group) is 1. The van der Waals surface area contributed by atoms with Crippen molar-refractivity contribution < 1.29 is 24.0 Å². The van der Waals surface area contributed by atoms with E-state index in [4.69, 9.17) is 4.74 Å². The first-order chi connectivity index (χ1) is 22.9. The first-order valence-electron chi connectivity index (χ1n) is 15.4. The molecule has 3 amide bonds. The molecule has 0 radical (unpaired) electrons. The van der Waals surface area contributed by atoms with Gasteiger partial charge in [0.25, 0.3) is 11.6 Å². The highest BCUT2D eigenvalue weighted by Gasteiger charge is 2.47. The summed E-state index contributed by atoms with van der Waals surface area (Å²) in [6, 6.07) is 21.3. The summed E-state index contributed by atoms with van der Waals surface area (Å²) in [5.41, 5.74) is 2.34. The highest BCUT2D eigenvalue weighted by atomic mass is 16.6. The van der Waals surface area contributed by atoms with Gasteiger partial charge in [0, 0.05) is 41.2 Å². The van der Waals surface area contributed by atoms with Crippen LogP contribution >= 0.6 is 0 Å². The average molecular weight is 655 g/mol. The van der Waals surface area contributed by atoms with E-state index in [1.807, 2.05) is 63.2 Å². The predicted octanol–water partition coefficient (Wildman–Crippen LogP) is 5.86. The lowest BCUT2D eigenvalue weighted by Gasteiger charge is -2.34. The zero-order valence-electron chi connectivity index (χ0n) is 27.4. The van der Waals surface area contributed by atoms with Crippen LogP contribution in [0.1, 0.15) is 54.0 Å². The van der Waals surface area contributed by atoms with Crippen LogP contribution in [0.2, 0.25) is 0 Å². The number of nitro benzene ring substituents is 1. The molecule has 14 heteroatoms. The lowest BCUT2D eigenvalue weighted by atomic mass is 10.0. The number of ether oxygens (including phenoxy) is 1. The molecule has 0 bridgehead atoms. The normalized spacial score (nSPS) is 13.8. The fraction of sp³-hybridized carbons (Fsp3) is 0.294. The number of nitrogens with one attached hydrogen (secondary N) is 3. The number of rotatable bonds is 10. The molecule has 0 saturated heterocycles. The highest BCUT2D eigenvalue weighted by molar-refractivity contribution is 6.04. The van der Waals surface area contributed by atoms with Crippen molar-refractivity contribution in [3.8, 4) is 0 Å². The molecule has 1 aliphatic heterocycles. The number of nitrogens with zero attached hydrogens (tertiary/aromatic N) is 5. The molecule has 0 aliphatic carbocycles. The van der Waals surface area contributed by atoms with Crippen molar-refractivity contribution in [2.24, 2.45) is 0 Å². The summed E-state index contributed by atoms with van der Waals surface area (Å²) in [6.45, 7) is 6.31. The second-order valence-corrected chi connectivity index (χ2v) is 12.1. The van der Waals surface area contributed by atoms with E-state index in [9.17, 15) is 24.5 Å². The largest absolute Gasteiger partial charge is 0.448 e. The van der Waals surface area contributed by atoms with E-state index in [1.165, 1.54) is 28.9 Å². The monoisotopic (exact) mass is 654 g/mol. The molecule has 1 aliphatic rings. The summed E-state index contributed by atoms with van der Waals surface area (Å²) in [4.78, 5) is 54.0. The first kappa shape index (κ1) is 33.6. The molecule has 3 aromatic carbocycles. The third kappa shape index (κ3) is 7.13. The molecule has 3 N–H and O–H groups in total. The Morgan fingerprint density at radius 1 is 1.02 bits per heavy atom. The van der Waals surface area contributed by atoms with E-state index in [0.717, 1.165) is 5.56 Å². The minimum Gasteiger partial charge on any atom is -0.448 e. The second kappa shape index (κ2) is 13.9. The standard InChI is InChI=1S/C34H38N8O6/c1-6-48-33(45)41-29-27(20-40(34(29,2)3)32(44)37-28(21-39(4)5)22-11-8-7-9-12-22)30(38-41)35-24-13-10-14-25(19-24)36-31(43)23-15-17-26(18-16-23)42(46)47/h7-19,28H,6,20-21H2,1-5H3,(H,35,38)(H,36,43)(H,37,44)/t28-/m1/s1. The number of fused-ring (bicyclic) bond motifs is 1. The maximum atomic E-state index is 13.9. The highest BCUT2D eigenvalue weighted by Crippen LogP contribution is 2.43.